The van der Waals surface area contributed by atoms with Crippen molar-refractivity contribution in [2.75, 3.05) is 26.8 Å². The molecule has 0 atom stereocenters. The van der Waals surface area contributed by atoms with E-state index < -0.39 is 5.82 Å². The van der Waals surface area contributed by atoms with Crippen LogP contribution in [0.15, 0.2) is 18.2 Å². The summed E-state index contributed by atoms with van der Waals surface area (Å²) >= 11 is 6.06. The maximum absolute atomic E-state index is 13.8. The summed E-state index contributed by atoms with van der Waals surface area (Å²) in [4.78, 5) is 32.9. The minimum Gasteiger partial charge on any atom is -0.379 e. The summed E-state index contributed by atoms with van der Waals surface area (Å²) in [5.41, 5.74) is 2.58. The third-order valence-corrected chi connectivity index (χ3v) is 7.15. The van der Waals surface area contributed by atoms with Gasteiger partial charge in [-0.15, -0.1) is 0 Å². The van der Waals surface area contributed by atoms with Crippen molar-refractivity contribution in [3.63, 3.8) is 0 Å². The monoisotopic (exact) mass is 473 g/mol. The molecule has 10 heteroatoms. The first-order valence-electron chi connectivity index (χ1n) is 11.0. The number of aromatic nitrogens is 3. The van der Waals surface area contributed by atoms with Crippen LogP contribution in [0.5, 0.6) is 0 Å². The van der Waals surface area contributed by atoms with E-state index in [4.69, 9.17) is 16.3 Å². The highest BCUT2D eigenvalue weighted by molar-refractivity contribution is 6.35. The van der Waals surface area contributed by atoms with Crippen molar-refractivity contribution in [3.05, 3.63) is 51.7 Å². The van der Waals surface area contributed by atoms with Crippen molar-refractivity contribution >= 4 is 34.3 Å². The van der Waals surface area contributed by atoms with Gasteiger partial charge in [0, 0.05) is 48.8 Å². The van der Waals surface area contributed by atoms with Gasteiger partial charge in [0.25, 0.3) is 11.8 Å². The number of nitrogens with zero attached hydrogens (tertiary/aromatic N) is 3. The number of amides is 2. The molecule has 5 rings (SSSR count). The van der Waals surface area contributed by atoms with Crippen molar-refractivity contribution in [3.8, 4) is 0 Å². The predicted molar refractivity (Wildman–Crippen MR) is 121 cm³/mol. The predicted octanol–water partition coefficient (Wildman–Crippen LogP) is 3.52. The number of carbonyl (C=O) groups excluding carboxylic acids is 2. The van der Waals surface area contributed by atoms with Gasteiger partial charge in [-0.2, -0.15) is 5.10 Å². The van der Waals surface area contributed by atoms with E-state index in [1.54, 1.807) is 29.0 Å². The van der Waals surface area contributed by atoms with E-state index >= 15 is 0 Å². The molecule has 3 aromatic rings. The molecule has 1 aliphatic carbocycles. The van der Waals surface area contributed by atoms with E-state index in [0.29, 0.717) is 48.5 Å². The lowest BCUT2D eigenvalue weighted by Gasteiger charge is -2.29. The number of carbonyl (C=O) groups is 2. The number of halogens is 2. The maximum atomic E-state index is 13.8. The number of rotatable bonds is 6. The summed E-state index contributed by atoms with van der Waals surface area (Å²) in [6, 6.07) is 4.39. The van der Waals surface area contributed by atoms with Crippen LogP contribution in [0.3, 0.4) is 0 Å². The first kappa shape index (κ1) is 21.9. The smallest absolute Gasteiger partial charge is 0.274 e. The van der Waals surface area contributed by atoms with Crippen LogP contribution in [0.4, 0.5) is 4.39 Å². The van der Waals surface area contributed by atoms with E-state index in [2.05, 4.69) is 15.2 Å². The molecule has 0 unspecified atom stereocenters. The highest BCUT2D eigenvalue weighted by Gasteiger charge is 2.49. The van der Waals surface area contributed by atoms with Crippen LogP contribution in [0.1, 0.15) is 52.0 Å². The van der Waals surface area contributed by atoms with E-state index in [9.17, 15) is 14.0 Å². The first-order chi connectivity index (χ1) is 15.8. The van der Waals surface area contributed by atoms with Crippen LogP contribution in [0, 0.1) is 5.82 Å². The second kappa shape index (κ2) is 8.14. The van der Waals surface area contributed by atoms with Gasteiger partial charge in [-0.25, -0.2) is 4.39 Å². The Kier molecular flexibility index (Phi) is 5.41. The molecule has 0 spiro atoms. The average molecular weight is 474 g/mol. The van der Waals surface area contributed by atoms with E-state index in [1.807, 2.05) is 6.92 Å². The number of likely N-dealkylation sites (N-methyl/N-ethyl adjacent to an activating group) is 1. The average Bonchev–Trinajstić information content (AvgIpc) is 3.29. The summed E-state index contributed by atoms with van der Waals surface area (Å²) in [6.07, 6.45) is 2.36. The Hall–Kier alpha value is -2.91. The Morgan fingerprint density at radius 1 is 1.36 bits per heavy atom. The van der Waals surface area contributed by atoms with Crippen molar-refractivity contribution in [1.29, 1.82) is 0 Å². The van der Waals surface area contributed by atoms with E-state index in [-0.39, 0.29) is 28.9 Å². The zero-order valence-electron chi connectivity index (χ0n) is 18.5. The minimum absolute atomic E-state index is 0.0180. The quantitative estimate of drug-likeness (QED) is 0.572. The van der Waals surface area contributed by atoms with Crippen LogP contribution in [-0.4, -0.2) is 69.1 Å². The number of hydrogen-bond donors (Lipinski definition) is 2. The summed E-state index contributed by atoms with van der Waals surface area (Å²) in [7, 11) is 1.79. The van der Waals surface area contributed by atoms with Crippen LogP contribution in [0.2, 0.25) is 5.02 Å². The second-order valence-corrected chi connectivity index (χ2v) is 9.12. The summed E-state index contributed by atoms with van der Waals surface area (Å²) in [5, 5.41) is 7.72. The Balaban J connectivity index is 1.37. The largest absolute Gasteiger partial charge is 0.379 e. The standard InChI is InChI=1S/C23H25ClFN5O3/c1-3-33-12-23(7-8-23)29(2)22(32)20-14-11-30(9-6-17(14)27-28-20)21(31)18-10-13-16(26-18)5-4-15(25)19(13)24/h4-5,10,26H,3,6-9,11-12H2,1-2H3,(H,27,28). The molecule has 2 aliphatic rings. The molecule has 2 amide bonds. The van der Waals surface area contributed by atoms with Gasteiger partial charge in [-0.05, 0) is 38.0 Å². The van der Waals surface area contributed by atoms with Crippen molar-refractivity contribution in [1.82, 2.24) is 25.0 Å². The number of fused-ring (bicyclic) bond motifs is 2. The fraction of sp³-hybridized carbons (Fsp3) is 0.435. The zero-order chi connectivity index (χ0) is 23.3. The number of nitrogens with one attached hydrogen (secondary N) is 2. The lowest BCUT2D eigenvalue weighted by molar-refractivity contribution is 0.0455. The van der Waals surface area contributed by atoms with E-state index in [1.165, 1.54) is 6.07 Å². The van der Waals surface area contributed by atoms with Gasteiger partial charge in [0.2, 0.25) is 0 Å². The lowest BCUT2D eigenvalue weighted by Crippen LogP contribution is -2.43. The third kappa shape index (κ3) is 3.69. The highest BCUT2D eigenvalue weighted by atomic mass is 35.5. The molecule has 1 saturated carbocycles. The Morgan fingerprint density at radius 2 is 2.15 bits per heavy atom. The molecule has 1 fully saturated rings. The molecule has 1 aromatic carbocycles. The SMILES string of the molecule is CCOCC1(N(C)C(=O)c2n[nH]c3c2CN(C(=O)c2cc4c(Cl)c(F)ccc4[nH]2)CC3)CC1. The number of benzene rings is 1. The number of aromatic amines is 2. The first-order valence-corrected chi connectivity index (χ1v) is 11.4. The van der Waals surface area contributed by atoms with Crippen LogP contribution in [0.25, 0.3) is 10.9 Å². The fourth-order valence-electron chi connectivity index (χ4n) is 4.46. The van der Waals surface area contributed by atoms with Gasteiger partial charge in [-0.1, -0.05) is 11.6 Å². The Bertz CT molecular complexity index is 1250. The maximum Gasteiger partial charge on any atom is 0.274 e. The minimum atomic E-state index is -0.534. The third-order valence-electron chi connectivity index (χ3n) is 6.76. The molecular formula is C23H25ClFN5O3. The van der Waals surface area contributed by atoms with Gasteiger partial charge in [0.1, 0.15) is 11.5 Å². The van der Waals surface area contributed by atoms with Crippen LogP contribution >= 0.6 is 11.6 Å². The molecule has 0 saturated heterocycles. The van der Waals surface area contributed by atoms with Gasteiger partial charge in [-0.3, -0.25) is 14.7 Å². The molecule has 174 valence electrons. The molecule has 1 aliphatic heterocycles. The van der Waals surface area contributed by atoms with Crippen LogP contribution in [-0.2, 0) is 17.7 Å². The highest BCUT2D eigenvalue weighted by Crippen LogP contribution is 2.42. The summed E-state index contributed by atoms with van der Waals surface area (Å²) in [5.74, 6) is -0.948. The summed E-state index contributed by atoms with van der Waals surface area (Å²) in [6.45, 7) is 3.78. The topological polar surface area (TPSA) is 94.3 Å². The fourth-order valence-corrected chi connectivity index (χ4v) is 4.68. The van der Waals surface area contributed by atoms with Gasteiger partial charge >= 0.3 is 0 Å². The van der Waals surface area contributed by atoms with Crippen molar-refractivity contribution < 1.29 is 18.7 Å². The molecule has 2 N–H and O–H groups in total. The molecule has 3 heterocycles. The number of H-pyrrole nitrogens is 2. The van der Waals surface area contributed by atoms with Crippen molar-refractivity contribution in [2.45, 2.75) is 38.3 Å². The van der Waals surface area contributed by atoms with Gasteiger partial charge < -0.3 is 19.5 Å². The number of hydrogen-bond acceptors (Lipinski definition) is 4. The van der Waals surface area contributed by atoms with Gasteiger partial charge in [0.05, 0.1) is 23.7 Å². The molecule has 0 radical (unpaired) electrons. The van der Waals surface area contributed by atoms with Crippen molar-refractivity contribution in [2.24, 2.45) is 0 Å². The summed E-state index contributed by atoms with van der Waals surface area (Å²) < 4.78 is 19.4. The lowest BCUT2D eigenvalue weighted by atomic mass is 10.0. The molecule has 33 heavy (non-hydrogen) atoms. The van der Waals surface area contributed by atoms with Gasteiger partial charge in [0.15, 0.2) is 5.69 Å². The van der Waals surface area contributed by atoms with Crippen LogP contribution < -0.4 is 0 Å². The Labute approximate surface area is 195 Å². The molecule has 8 nitrogen and oxygen atoms in total. The zero-order valence-corrected chi connectivity index (χ0v) is 19.3. The molecular weight excluding hydrogens is 449 g/mol. The number of ether oxygens (including phenoxy) is 1. The van der Waals surface area contributed by atoms with E-state index in [0.717, 1.165) is 24.1 Å². The molecule has 2 aromatic heterocycles. The second-order valence-electron chi connectivity index (χ2n) is 8.74. The Morgan fingerprint density at radius 3 is 2.88 bits per heavy atom. The molecule has 0 bridgehead atoms. The normalized spacial score (nSPS) is 16.7.